The molecule has 0 aliphatic heterocycles. The number of carboxylic acid groups (broad SMARTS) is 1. The molecule has 0 aromatic rings. The van der Waals surface area contributed by atoms with Gasteiger partial charge in [0.2, 0.25) is 0 Å². The number of amides is 2. The summed E-state index contributed by atoms with van der Waals surface area (Å²) in [6.45, 7) is 6.60. The van der Waals surface area contributed by atoms with Gasteiger partial charge in [0, 0.05) is 38.7 Å². The van der Waals surface area contributed by atoms with Crippen molar-refractivity contribution in [3.63, 3.8) is 0 Å². The molecular formula is C12H24N2O4S2. The summed E-state index contributed by atoms with van der Waals surface area (Å²) >= 11 is 0. The zero-order chi connectivity index (χ0) is 15.8. The molecule has 0 aromatic carbocycles. The number of hydrogen-bond donors (Lipinski definition) is 1. The van der Waals surface area contributed by atoms with Gasteiger partial charge in [-0.05, 0) is 20.8 Å². The second-order valence-corrected chi connectivity index (χ2v) is 7.95. The maximum atomic E-state index is 11.7. The smallest absolute Gasteiger partial charge is 0.410 e. The fourth-order valence-electron chi connectivity index (χ4n) is 0.993. The van der Waals surface area contributed by atoms with Crippen molar-refractivity contribution in [2.75, 3.05) is 38.7 Å². The molecule has 0 bridgehead atoms. The molecule has 0 atom stereocenters. The number of rotatable bonds is 7. The van der Waals surface area contributed by atoms with Crippen molar-refractivity contribution in [1.29, 1.82) is 0 Å². The Kier molecular flexibility index (Phi) is 8.88. The van der Waals surface area contributed by atoms with Gasteiger partial charge in [0.1, 0.15) is 5.60 Å². The van der Waals surface area contributed by atoms with Crippen LogP contribution in [0.2, 0.25) is 0 Å². The van der Waals surface area contributed by atoms with Gasteiger partial charge in [-0.3, -0.25) is 0 Å². The molecule has 0 rings (SSSR count). The van der Waals surface area contributed by atoms with Gasteiger partial charge in [-0.2, -0.15) is 0 Å². The first-order valence-corrected chi connectivity index (χ1v) is 8.75. The summed E-state index contributed by atoms with van der Waals surface area (Å²) in [4.78, 5) is 25.0. The van der Waals surface area contributed by atoms with E-state index in [1.807, 2.05) is 20.8 Å². The van der Waals surface area contributed by atoms with Crippen LogP contribution < -0.4 is 0 Å². The molecule has 20 heavy (non-hydrogen) atoms. The Labute approximate surface area is 128 Å². The van der Waals surface area contributed by atoms with Crippen LogP contribution in [0.1, 0.15) is 20.8 Å². The van der Waals surface area contributed by atoms with E-state index in [1.165, 1.54) is 4.90 Å². The largest absolute Gasteiger partial charge is 0.465 e. The van der Waals surface area contributed by atoms with Crippen LogP contribution in [0.5, 0.6) is 0 Å². The normalized spacial score (nSPS) is 11.1. The van der Waals surface area contributed by atoms with Gasteiger partial charge >= 0.3 is 12.2 Å². The molecule has 6 nitrogen and oxygen atoms in total. The summed E-state index contributed by atoms with van der Waals surface area (Å²) in [5, 5.41) is 8.66. The number of carbonyl (C=O) groups is 2. The molecule has 1 N–H and O–H groups in total. The van der Waals surface area contributed by atoms with Crippen molar-refractivity contribution >= 4 is 33.8 Å². The SMILES string of the molecule is CN(CCSSCCN(C)C(=O)OC(C)(C)C)C(=O)O. The van der Waals surface area contributed by atoms with E-state index in [-0.39, 0.29) is 6.09 Å². The molecule has 118 valence electrons. The molecular weight excluding hydrogens is 300 g/mol. The van der Waals surface area contributed by atoms with Crippen LogP contribution >= 0.6 is 21.6 Å². The third-order valence-electron chi connectivity index (χ3n) is 2.14. The van der Waals surface area contributed by atoms with E-state index in [4.69, 9.17) is 9.84 Å². The van der Waals surface area contributed by atoms with Crippen LogP contribution in [-0.4, -0.2) is 71.4 Å². The minimum Gasteiger partial charge on any atom is -0.465 e. The molecule has 0 heterocycles. The molecule has 0 aliphatic rings. The van der Waals surface area contributed by atoms with E-state index in [1.54, 1.807) is 40.6 Å². The molecule has 2 amide bonds. The average molecular weight is 324 g/mol. The van der Waals surface area contributed by atoms with Gasteiger partial charge in [-0.1, -0.05) is 21.6 Å². The van der Waals surface area contributed by atoms with E-state index in [2.05, 4.69) is 0 Å². The second kappa shape index (κ2) is 9.23. The lowest BCUT2D eigenvalue weighted by Gasteiger charge is -2.24. The lowest BCUT2D eigenvalue weighted by Crippen LogP contribution is -2.35. The van der Waals surface area contributed by atoms with E-state index >= 15 is 0 Å². The summed E-state index contributed by atoms with van der Waals surface area (Å²) in [5.74, 6) is 1.50. The maximum Gasteiger partial charge on any atom is 0.410 e. The molecule has 0 saturated heterocycles. The zero-order valence-electron chi connectivity index (χ0n) is 12.7. The summed E-state index contributed by atoms with van der Waals surface area (Å²) in [6, 6.07) is 0. The molecule has 0 aromatic heterocycles. The number of carbonyl (C=O) groups excluding carboxylic acids is 1. The third kappa shape index (κ3) is 10.1. The van der Waals surface area contributed by atoms with Crippen molar-refractivity contribution in [2.24, 2.45) is 0 Å². The van der Waals surface area contributed by atoms with Crippen LogP contribution in [0.3, 0.4) is 0 Å². The molecule has 0 radical (unpaired) electrons. The highest BCUT2D eigenvalue weighted by Crippen LogP contribution is 2.21. The minimum absolute atomic E-state index is 0.325. The van der Waals surface area contributed by atoms with E-state index in [0.29, 0.717) is 13.1 Å². The molecule has 0 unspecified atom stereocenters. The van der Waals surface area contributed by atoms with Crippen molar-refractivity contribution < 1.29 is 19.4 Å². The molecule has 0 aliphatic carbocycles. The Morgan fingerprint density at radius 1 is 1.05 bits per heavy atom. The highest BCUT2D eigenvalue weighted by atomic mass is 33.1. The predicted octanol–water partition coefficient (Wildman–Crippen LogP) is 2.84. The van der Waals surface area contributed by atoms with Crippen LogP contribution in [0, 0.1) is 0 Å². The van der Waals surface area contributed by atoms with Crippen LogP contribution in [0.15, 0.2) is 0 Å². The molecule has 0 spiro atoms. The quantitative estimate of drug-likeness (QED) is 0.573. The first-order chi connectivity index (χ1) is 9.13. The van der Waals surface area contributed by atoms with Gasteiger partial charge in [-0.25, -0.2) is 9.59 Å². The zero-order valence-corrected chi connectivity index (χ0v) is 14.3. The van der Waals surface area contributed by atoms with E-state index in [9.17, 15) is 9.59 Å². The Balaban J connectivity index is 3.65. The lowest BCUT2D eigenvalue weighted by molar-refractivity contribution is 0.0309. The minimum atomic E-state index is -0.916. The number of hydrogen-bond acceptors (Lipinski definition) is 5. The van der Waals surface area contributed by atoms with Crippen LogP contribution in [-0.2, 0) is 4.74 Å². The summed E-state index contributed by atoms with van der Waals surface area (Å²) in [6.07, 6.45) is -1.24. The third-order valence-corrected chi connectivity index (χ3v) is 4.50. The monoisotopic (exact) mass is 324 g/mol. The van der Waals surface area contributed by atoms with Crippen molar-refractivity contribution in [3.8, 4) is 0 Å². The first kappa shape index (κ1) is 19.2. The van der Waals surface area contributed by atoms with Gasteiger partial charge in [-0.15, -0.1) is 0 Å². The summed E-state index contributed by atoms with van der Waals surface area (Å²) < 4.78 is 5.23. The fourth-order valence-corrected chi connectivity index (χ4v) is 3.08. The lowest BCUT2D eigenvalue weighted by atomic mass is 10.2. The number of nitrogens with zero attached hydrogens (tertiary/aromatic N) is 2. The van der Waals surface area contributed by atoms with Gasteiger partial charge in [0.15, 0.2) is 0 Å². The van der Waals surface area contributed by atoms with Gasteiger partial charge in [0.05, 0.1) is 0 Å². The van der Waals surface area contributed by atoms with E-state index in [0.717, 1.165) is 11.5 Å². The summed E-state index contributed by atoms with van der Waals surface area (Å²) in [7, 11) is 6.47. The van der Waals surface area contributed by atoms with Crippen molar-refractivity contribution in [1.82, 2.24) is 9.80 Å². The highest BCUT2D eigenvalue weighted by molar-refractivity contribution is 8.76. The standard InChI is InChI=1S/C12H24N2O4S2/c1-12(2,3)18-11(17)14(5)7-9-20-19-8-6-13(4)10(15)16/h6-9H2,1-5H3,(H,15,16). The number of ether oxygens (including phenoxy) is 1. The topological polar surface area (TPSA) is 70.1 Å². The Hall–Kier alpha value is -0.760. The first-order valence-electron chi connectivity index (χ1n) is 6.26. The Morgan fingerprint density at radius 2 is 1.50 bits per heavy atom. The van der Waals surface area contributed by atoms with Gasteiger partial charge < -0.3 is 19.6 Å². The molecule has 0 fully saturated rings. The molecule has 0 saturated carbocycles. The Morgan fingerprint density at radius 3 is 1.90 bits per heavy atom. The Bertz CT molecular complexity index is 321. The van der Waals surface area contributed by atoms with Gasteiger partial charge in [0.25, 0.3) is 0 Å². The highest BCUT2D eigenvalue weighted by Gasteiger charge is 2.19. The second-order valence-electron chi connectivity index (χ2n) is 5.25. The molecule has 8 heteroatoms. The van der Waals surface area contributed by atoms with Crippen LogP contribution in [0.25, 0.3) is 0 Å². The van der Waals surface area contributed by atoms with Crippen molar-refractivity contribution in [3.05, 3.63) is 0 Å². The van der Waals surface area contributed by atoms with Crippen LogP contribution in [0.4, 0.5) is 9.59 Å². The maximum absolute atomic E-state index is 11.7. The predicted molar refractivity (Wildman–Crippen MR) is 84.4 cm³/mol. The summed E-state index contributed by atoms with van der Waals surface area (Å²) in [5.41, 5.74) is -0.478. The van der Waals surface area contributed by atoms with Crippen molar-refractivity contribution in [2.45, 2.75) is 26.4 Å². The average Bonchev–Trinajstić information content (AvgIpc) is 2.30. The van der Waals surface area contributed by atoms with E-state index < -0.39 is 11.7 Å². The fraction of sp³-hybridized carbons (Fsp3) is 0.833.